The van der Waals surface area contributed by atoms with Crippen LogP contribution in [0, 0.1) is 0 Å². The Labute approximate surface area is 349 Å². The fraction of sp³-hybridized carbons (Fsp3) is 0.0526. The van der Waals surface area contributed by atoms with Gasteiger partial charge in [-0.15, -0.1) is 0 Å². The van der Waals surface area contributed by atoms with Gasteiger partial charge in [0.05, 0.1) is 0 Å². The van der Waals surface area contributed by atoms with Crippen LogP contribution >= 0.6 is 0 Å². The number of hydrogen-bond acceptors (Lipinski definition) is 1. The molecule has 0 heterocycles. The van der Waals surface area contributed by atoms with E-state index in [9.17, 15) is 0 Å². The molecule has 0 bridgehead atoms. The zero-order chi connectivity index (χ0) is 39.8. The van der Waals surface area contributed by atoms with E-state index in [2.05, 4.69) is 255 Å². The predicted octanol–water partition coefficient (Wildman–Crippen LogP) is 12.2. The molecule has 0 fully saturated rings. The van der Waals surface area contributed by atoms with E-state index in [1.165, 1.54) is 65.3 Å². The van der Waals surface area contributed by atoms with Crippen molar-refractivity contribution in [1.82, 2.24) is 0 Å². The zero-order valence-electron chi connectivity index (χ0n) is 33.5. The number of anilines is 3. The molecule has 1 nitrogen and oxygen atoms in total. The summed E-state index contributed by atoms with van der Waals surface area (Å²) in [4.78, 5) is 2.45. The van der Waals surface area contributed by atoms with Crippen LogP contribution in [0.2, 0.25) is 0 Å². The van der Waals surface area contributed by atoms with Crippen molar-refractivity contribution in [3.63, 3.8) is 0 Å². The number of fused-ring (bicyclic) bond motifs is 3. The van der Waals surface area contributed by atoms with Crippen LogP contribution < -0.4 is 25.6 Å². The first-order chi connectivity index (χ1) is 29.0. The van der Waals surface area contributed by atoms with Crippen LogP contribution in [0.1, 0.15) is 25.0 Å². The van der Waals surface area contributed by atoms with E-state index in [4.69, 9.17) is 0 Å². The van der Waals surface area contributed by atoms with Crippen LogP contribution in [0.25, 0.3) is 33.4 Å². The van der Waals surface area contributed by atoms with Crippen molar-refractivity contribution >= 4 is 45.9 Å². The lowest BCUT2D eigenvalue weighted by molar-refractivity contribution is 0.662. The van der Waals surface area contributed by atoms with Gasteiger partial charge in [-0.05, 0) is 102 Å². The lowest BCUT2D eigenvalue weighted by Gasteiger charge is -2.35. The number of rotatable bonds is 9. The van der Waals surface area contributed by atoms with Gasteiger partial charge in [0.15, 0.2) is 8.07 Å². The molecule has 0 amide bonds. The average molecular weight is 772 g/mol. The Hall–Kier alpha value is -7.00. The van der Waals surface area contributed by atoms with Crippen molar-refractivity contribution in [2.45, 2.75) is 19.3 Å². The third-order valence-corrected chi connectivity index (χ3v) is 17.2. The second kappa shape index (κ2) is 15.1. The molecule has 1 aliphatic carbocycles. The molecule has 0 saturated heterocycles. The molecule has 282 valence electrons. The summed E-state index contributed by atoms with van der Waals surface area (Å²) in [6, 6.07) is 87.5. The Balaban J connectivity index is 1.20. The van der Waals surface area contributed by atoms with Crippen LogP contribution in [-0.2, 0) is 5.41 Å². The summed E-state index contributed by atoms with van der Waals surface area (Å²) >= 11 is 0. The SMILES string of the molecule is CC1(C)c2ccccc2-c2cc(N(c3ccc(-c4ccccc4)cc3)c3ccc([Si](c4ccccc4)(c4ccccc4)c4ccccc4)cc3)cc(-c3ccccc3)c21. The Morgan fingerprint density at radius 1 is 0.322 bits per heavy atom. The Morgan fingerprint density at radius 2 is 0.712 bits per heavy atom. The molecular weight excluding hydrogens is 727 g/mol. The summed E-state index contributed by atoms with van der Waals surface area (Å²) in [5.74, 6) is 0. The van der Waals surface area contributed by atoms with Gasteiger partial charge >= 0.3 is 0 Å². The van der Waals surface area contributed by atoms with Gasteiger partial charge in [-0.3, -0.25) is 0 Å². The molecule has 9 aromatic rings. The predicted molar refractivity (Wildman–Crippen MR) is 253 cm³/mol. The van der Waals surface area contributed by atoms with Crippen LogP contribution in [0.3, 0.4) is 0 Å². The third-order valence-electron chi connectivity index (χ3n) is 12.4. The molecule has 0 N–H and O–H groups in total. The zero-order valence-corrected chi connectivity index (χ0v) is 34.5. The van der Waals surface area contributed by atoms with Gasteiger partial charge in [0.25, 0.3) is 0 Å². The first-order valence-corrected chi connectivity index (χ1v) is 22.6. The van der Waals surface area contributed by atoms with Gasteiger partial charge in [0.2, 0.25) is 0 Å². The van der Waals surface area contributed by atoms with Crippen molar-refractivity contribution < 1.29 is 0 Å². The topological polar surface area (TPSA) is 3.24 Å². The molecular formula is C57H45NSi. The summed E-state index contributed by atoms with van der Waals surface area (Å²) in [6.07, 6.45) is 0. The fourth-order valence-corrected chi connectivity index (χ4v) is 14.4. The molecule has 2 heteroatoms. The average Bonchev–Trinajstić information content (AvgIpc) is 3.54. The molecule has 0 aromatic heterocycles. The van der Waals surface area contributed by atoms with Crippen molar-refractivity contribution in [2.75, 3.05) is 4.90 Å². The highest BCUT2D eigenvalue weighted by atomic mass is 28.3. The minimum Gasteiger partial charge on any atom is -0.310 e. The summed E-state index contributed by atoms with van der Waals surface area (Å²) in [7, 11) is -2.70. The quantitative estimate of drug-likeness (QED) is 0.104. The van der Waals surface area contributed by atoms with Crippen LogP contribution in [-0.4, -0.2) is 8.07 Å². The van der Waals surface area contributed by atoms with Crippen LogP contribution in [0.15, 0.2) is 237 Å². The summed E-state index contributed by atoms with van der Waals surface area (Å²) < 4.78 is 0. The maximum Gasteiger partial charge on any atom is 0.179 e. The van der Waals surface area contributed by atoms with Crippen LogP contribution in [0.4, 0.5) is 17.1 Å². The maximum absolute atomic E-state index is 2.70. The van der Waals surface area contributed by atoms with Gasteiger partial charge in [-0.25, -0.2) is 0 Å². The van der Waals surface area contributed by atoms with E-state index in [0.717, 1.165) is 17.1 Å². The Morgan fingerprint density at radius 3 is 1.24 bits per heavy atom. The first-order valence-electron chi connectivity index (χ1n) is 20.6. The molecule has 0 spiro atoms. The smallest absolute Gasteiger partial charge is 0.179 e. The van der Waals surface area contributed by atoms with Crippen molar-refractivity contribution in [3.8, 4) is 33.4 Å². The second-order valence-electron chi connectivity index (χ2n) is 16.1. The molecule has 0 saturated carbocycles. The third kappa shape index (κ3) is 6.25. The van der Waals surface area contributed by atoms with Crippen molar-refractivity contribution in [3.05, 3.63) is 248 Å². The van der Waals surface area contributed by atoms with E-state index >= 15 is 0 Å². The number of nitrogens with zero attached hydrogens (tertiary/aromatic N) is 1. The highest BCUT2D eigenvalue weighted by Crippen LogP contribution is 2.54. The van der Waals surface area contributed by atoms with Crippen LogP contribution in [0.5, 0.6) is 0 Å². The highest BCUT2D eigenvalue weighted by molar-refractivity contribution is 7.19. The molecule has 0 atom stereocenters. The summed E-state index contributed by atoms with van der Waals surface area (Å²) in [6.45, 7) is 4.76. The van der Waals surface area contributed by atoms with Gasteiger partial charge in [-0.1, -0.05) is 214 Å². The molecule has 0 radical (unpaired) electrons. The maximum atomic E-state index is 2.45. The Kier molecular flexibility index (Phi) is 9.28. The van der Waals surface area contributed by atoms with E-state index in [1.54, 1.807) is 0 Å². The molecule has 9 aromatic carbocycles. The monoisotopic (exact) mass is 771 g/mol. The molecule has 0 aliphatic heterocycles. The normalized spacial score (nSPS) is 12.7. The minimum atomic E-state index is -2.70. The molecule has 10 rings (SSSR count). The van der Waals surface area contributed by atoms with E-state index in [1.807, 2.05) is 0 Å². The lowest BCUT2D eigenvalue weighted by atomic mass is 9.78. The van der Waals surface area contributed by atoms with Gasteiger partial charge < -0.3 is 4.90 Å². The lowest BCUT2D eigenvalue weighted by Crippen LogP contribution is -2.74. The van der Waals surface area contributed by atoms with Crippen molar-refractivity contribution in [2.24, 2.45) is 0 Å². The summed E-state index contributed by atoms with van der Waals surface area (Å²) in [5, 5.41) is 5.45. The largest absolute Gasteiger partial charge is 0.310 e. The van der Waals surface area contributed by atoms with Gasteiger partial charge in [0.1, 0.15) is 0 Å². The molecule has 0 unspecified atom stereocenters. The van der Waals surface area contributed by atoms with Gasteiger partial charge in [-0.2, -0.15) is 0 Å². The second-order valence-corrected chi connectivity index (χ2v) is 19.9. The van der Waals surface area contributed by atoms with E-state index < -0.39 is 8.07 Å². The van der Waals surface area contributed by atoms with Crippen molar-refractivity contribution in [1.29, 1.82) is 0 Å². The highest BCUT2D eigenvalue weighted by Gasteiger charge is 2.42. The number of hydrogen-bond donors (Lipinski definition) is 0. The standard InChI is InChI=1S/C57H45NSi/c1-57(2)55-31-19-18-30-52(55)54-41-47(40-53(56(54)57)44-22-10-4-11-23-44)58(45-34-32-43(33-35-45)42-20-8-3-9-21-42)46-36-38-51(39-37-46)59(48-24-12-5-13-25-48,49-26-14-6-15-27-49)50-28-16-7-17-29-50/h3-41H,1-2H3. The molecule has 1 aliphatic rings. The van der Waals surface area contributed by atoms with E-state index in [0.29, 0.717) is 0 Å². The minimum absolute atomic E-state index is 0.153. The fourth-order valence-electron chi connectivity index (χ4n) is 9.69. The molecule has 59 heavy (non-hydrogen) atoms. The van der Waals surface area contributed by atoms with E-state index in [-0.39, 0.29) is 5.41 Å². The summed E-state index contributed by atoms with van der Waals surface area (Å²) in [5.41, 5.74) is 13.5. The first kappa shape index (κ1) is 36.3. The Bertz CT molecular complexity index is 2760. The number of benzene rings is 9. The van der Waals surface area contributed by atoms with Gasteiger partial charge in [0, 0.05) is 22.5 Å².